The molecular formula is C8H5N3O. The maximum absolute atomic E-state index is 10.9. The molecule has 12 heavy (non-hydrogen) atoms. The van der Waals surface area contributed by atoms with Crippen molar-refractivity contribution in [2.24, 2.45) is 0 Å². The average Bonchev–Trinajstić information content (AvgIpc) is 2.09. The van der Waals surface area contributed by atoms with Crippen molar-refractivity contribution in [3.05, 3.63) is 28.4 Å². The predicted octanol–water partition coefficient (Wildman–Crippen LogP) is 0.0351. The van der Waals surface area contributed by atoms with Crippen molar-refractivity contribution < 1.29 is 0 Å². The predicted molar refractivity (Wildman–Crippen MR) is 42.0 cm³/mol. The molecule has 0 aliphatic rings. The van der Waals surface area contributed by atoms with Gasteiger partial charge in [-0.15, -0.1) is 0 Å². The molecule has 0 atom stereocenters. The Morgan fingerprint density at radius 1 is 1.67 bits per heavy atom. The van der Waals surface area contributed by atoms with E-state index in [1.807, 2.05) is 6.07 Å². The number of rotatable bonds is 0. The number of nitrogens with zero attached hydrogens (tertiary/aromatic N) is 2. The summed E-state index contributed by atoms with van der Waals surface area (Å²) in [5, 5.41) is 8.16. The number of H-pyrrole nitrogens is 1. The lowest BCUT2D eigenvalue weighted by atomic mass is 10.3. The van der Waals surface area contributed by atoms with Gasteiger partial charge in [0.05, 0.1) is 18.8 Å². The number of hydrogen-bond donors (Lipinski definition) is 1. The van der Waals surface area contributed by atoms with E-state index in [1.165, 1.54) is 12.5 Å². The van der Waals surface area contributed by atoms with E-state index in [9.17, 15) is 4.79 Å². The summed E-state index contributed by atoms with van der Waals surface area (Å²) in [5.74, 6) is 5.06. The minimum absolute atomic E-state index is 0.119. The average molecular weight is 159 g/mol. The van der Waals surface area contributed by atoms with Gasteiger partial charge in [-0.1, -0.05) is 11.8 Å². The number of nitriles is 1. The summed E-state index contributed by atoms with van der Waals surface area (Å²) in [4.78, 5) is 17.0. The number of hydrogen-bond acceptors (Lipinski definition) is 3. The van der Waals surface area contributed by atoms with Crippen LogP contribution in [0.2, 0.25) is 0 Å². The summed E-state index contributed by atoms with van der Waals surface area (Å²) < 4.78 is 0. The summed E-state index contributed by atoms with van der Waals surface area (Å²) in [6.07, 6.45) is 2.77. The van der Waals surface area contributed by atoms with E-state index in [0.717, 1.165) is 0 Å². The fourth-order valence-corrected chi connectivity index (χ4v) is 0.612. The van der Waals surface area contributed by atoms with Crippen molar-refractivity contribution >= 4 is 0 Å². The highest BCUT2D eigenvalue weighted by Gasteiger charge is 1.90. The molecule has 0 spiro atoms. The molecule has 1 aromatic rings. The summed E-state index contributed by atoms with van der Waals surface area (Å²) in [6.45, 7) is 0. The molecule has 58 valence electrons. The number of aromatic amines is 1. The fraction of sp³-hybridized carbons (Fsp3) is 0.125. The van der Waals surface area contributed by atoms with E-state index in [1.54, 1.807) is 0 Å². The van der Waals surface area contributed by atoms with Crippen molar-refractivity contribution in [1.82, 2.24) is 9.97 Å². The molecule has 4 nitrogen and oxygen atoms in total. The van der Waals surface area contributed by atoms with Crippen LogP contribution < -0.4 is 5.56 Å². The summed E-state index contributed by atoms with van der Waals surface area (Å²) in [7, 11) is 0. The van der Waals surface area contributed by atoms with Crippen LogP contribution in [0.25, 0.3) is 0 Å². The summed E-state index contributed by atoms with van der Waals surface area (Å²) in [6, 6.07) is 1.85. The van der Waals surface area contributed by atoms with Gasteiger partial charge in [0.1, 0.15) is 5.56 Å². The quantitative estimate of drug-likeness (QED) is 0.543. The van der Waals surface area contributed by atoms with Gasteiger partial charge >= 0.3 is 0 Å². The molecule has 0 aliphatic carbocycles. The molecule has 1 aromatic heterocycles. The zero-order chi connectivity index (χ0) is 8.81. The van der Waals surface area contributed by atoms with Crippen molar-refractivity contribution in [2.75, 3.05) is 0 Å². The van der Waals surface area contributed by atoms with Crippen LogP contribution in [-0.2, 0) is 0 Å². The number of nitrogens with one attached hydrogen (secondary N) is 1. The lowest BCUT2D eigenvalue weighted by Crippen LogP contribution is -2.08. The van der Waals surface area contributed by atoms with Gasteiger partial charge in [0.2, 0.25) is 0 Å². The fourth-order valence-electron chi connectivity index (χ4n) is 0.612. The molecule has 0 radical (unpaired) electrons. The molecule has 1 rings (SSSR count). The first-order valence-corrected chi connectivity index (χ1v) is 3.23. The van der Waals surface area contributed by atoms with E-state index in [4.69, 9.17) is 5.26 Å². The lowest BCUT2D eigenvalue weighted by molar-refractivity contribution is 1.10. The summed E-state index contributed by atoms with van der Waals surface area (Å²) in [5.41, 5.74) is 0.00295. The van der Waals surface area contributed by atoms with Crippen molar-refractivity contribution in [3.63, 3.8) is 0 Å². The van der Waals surface area contributed by atoms with Gasteiger partial charge in [-0.05, 0) is 0 Å². The Balaban J connectivity index is 2.94. The molecule has 0 saturated carbocycles. The molecular weight excluding hydrogens is 154 g/mol. The molecule has 0 amide bonds. The Hall–Kier alpha value is -2.07. The molecule has 1 heterocycles. The van der Waals surface area contributed by atoms with Crippen molar-refractivity contribution in [2.45, 2.75) is 6.42 Å². The molecule has 0 unspecified atom stereocenters. The molecule has 0 aliphatic heterocycles. The Morgan fingerprint density at radius 3 is 3.17 bits per heavy atom. The van der Waals surface area contributed by atoms with Crippen LogP contribution in [0.4, 0.5) is 0 Å². The molecule has 1 N–H and O–H groups in total. The van der Waals surface area contributed by atoms with Crippen LogP contribution in [0, 0.1) is 23.2 Å². The zero-order valence-corrected chi connectivity index (χ0v) is 6.16. The van der Waals surface area contributed by atoms with Gasteiger partial charge in [0.15, 0.2) is 0 Å². The van der Waals surface area contributed by atoms with E-state index in [-0.39, 0.29) is 17.5 Å². The van der Waals surface area contributed by atoms with Crippen LogP contribution in [0.15, 0.2) is 17.3 Å². The smallest absolute Gasteiger partial charge is 0.266 e. The highest BCUT2D eigenvalue weighted by atomic mass is 16.1. The van der Waals surface area contributed by atoms with Gasteiger partial charge in [0.25, 0.3) is 5.56 Å². The van der Waals surface area contributed by atoms with Crippen LogP contribution in [0.3, 0.4) is 0 Å². The third kappa shape index (κ3) is 1.96. The highest BCUT2D eigenvalue weighted by Crippen LogP contribution is 1.81. The van der Waals surface area contributed by atoms with Crippen molar-refractivity contribution in [1.29, 1.82) is 5.26 Å². The van der Waals surface area contributed by atoms with Crippen LogP contribution in [0.5, 0.6) is 0 Å². The lowest BCUT2D eigenvalue weighted by Gasteiger charge is -1.84. The molecule has 4 heteroatoms. The third-order valence-corrected chi connectivity index (χ3v) is 1.11. The van der Waals surface area contributed by atoms with E-state index in [0.29, 0.717) is 0 Å². The molecule has 0 fully saturated rings. The maximum atomic E-state index is 10.9. The van der Waals surface area contributed by atoms with Gasteiger partial charge in [-0.3, -0.25) is 4.79 Å². The van der Waals surface area contributed by atoms with Gasteiger partial charge in [-0.25, -0.2) is 4.98 Å². The highest BCUT2D eigenvalue weighted by molar-refractivity contribution is 5.29. The van der Waals surface area contributed by atoms with E-state index >= 15 is 0 Å². The maximum Gasteiger partial charge on any atom is 0.266 e. The van der Waals surface area contributed by atoms with E-state index < -0.39 is 0 Å². The normalized spacial score (nSPS) is 7.92. The molecule has 0 aromatic carbocycles. The Kier molecular flexibility index (Phi) is 2.64. The summed E-state index contributed by atoms with van der Waals surface area (Å²) >= 11 is 0. The second-order valence-electron chi connectivity index (χ2n) is 1.93. The standard InChI is InChI=1S/C8H5N3O/c9-4-2-1-3-7-5-10-6-11-8(7)12/h5-6H,2H2,(H,10,11,12). The van der Waals surface area contributed by atoms with Crippen LogP contribution in [-0.4, -0.2) is 9.97 Å². The largest absolute Gasteiger partial charge is 0.312 e. The third-order valence-electron chi connectivity index (χ3n) is 1.11. The van der Waals surface area contributed by atoms with Gasteiger partial charge < -0.3 is 4.98 Å². The number of aromatic nitrogens is 2. The molecule has 0 saturated heterocycles. The Morgan fingerprint density at radius 2 is 2.50 bits per heavy atom. The minimum Gasteiger partial charge on any atom is -0.312 e. The van der Waals surface area contributed by atoms with Gasteiger partial charge in [0, 0.05) is 6.20 Å². The van der Waals surface area contributed by atoms with Crippen LogP contribution >= 0.6 is 0 Å². The first-order valence-electron chi connectivity index (χ1n) is 3.23. The topological polar surface area (TPSA) is 69.5 Å². The Bertz CT molecular complexity index is 416. The SMILES string of the molecule is N#CCC#Cc1cnc[nH]c1=O. The van der Waals surface area contributed by atoms with Crippen molar-refractivity contribution in [3.8, 4) is 17.9 Å². The zero-order valence-electron chi connectivity index (χ0n) is 6.16. The first-order chi connectivity index (χ1) is 5.84. The second kappa shape index (κ2) is 3.95. The minimum atomic E-state index is -0.282. The Labute approximate surface area is 68.9 Å². The van der Waals surface area contributed by atoms with Gasteiger partial charge in [-0.2, -0.15) is 5.26 Å². The van der Waals surface area contributed by atoms with Crippen LogP contribution in [0.1, 0.15) is 12.0 Å². The second-order valence-corrected chi connectivity index (χ2v) is 1.93. The first kappa shape index (κ1) is 8.03. The van der Waals surface area contributed by atoms with E-state index in [2.05, 4.69) is 21.8 Å². The molecule has 0 bridgehead atoms. The monoisotopic (exact) mass is 159 g/mol.